The van der Waals surface area contributed by atoms with Crippen LogP contribution in [0, 0.1) is 0 Å². The second-order valence-electron chi connectivity index (χ2n) is 5.84. The molecule has 116 valence electrons. The van der Waals surface area contributed by atoms with Gasteiger partial charge in [0.25, 0.3) is 0 Å². The van der Waals surface area contributed by atoms with Crippen LogP contribution in [-0.2, 0) is 6.54 Å². The predicted molar refractivity (Wildman–Crippen MR) is 92.5 cm³/mol. The topological polar surface area (TPSA) is 23.6 Å². The number of anilines is 1. The van der Waals surface area contributed by atoms with Crippen LogP contribution in [0.2, 0.25) is 0 Å². The van der Waals surface area contributed by atoms with Gasteiger partial charge in [-0.3, -0.25) is 4.79 Å². The monoisotopic (exact) mass is 296 g/mol. The Morgan fingerprint density at radius 1 is 0.909 bits per heavy atom. The van der Waals surface area contributed by atoms with E-state index in [9.17, 15) is 4.79 Å². The molecule has 0 unspecified atom stereocenters. The molecule has 0 aliphatic heterocycles. The second kappa shape index (κ2) is 7.76. The molecule has 0 aliphatic carbocycles. The van der Waals surface area contributed by atoms with Crippen LogP contribution in [0.3, 0.4) is 0 Å². The number of ketones is 1. The Morgan fingerprint density at radius 3 is 2.14 bits per heavy atom. The first-order valence-corrected chi connectivity index (χ1v) is 7.59. The summed E-state index contributed by atoms with van der Waals surface area (Å²) in [5, 5.41) is 0. The second-order valence-corrected chi connectivity index (χ2v) is 5.84. The maximum atomic E-state index is 12.1. The minimum absolute atomic E-state index is 0.204. The highest BCUT2D eigenvalue weighted by Crippen LogP contribution is 2.13. The first-order chi connectivity index (χ1) is 10.6. The number of benzene rings is 2. The van der Waals surface area contributed by atoms with Crippen LogP contribution in [-0.4, -0.2) is 38.4 Å². The smallest absolute Gasteiger partial charge is 0.164 e. The van der Waals surface area contributed by atoms with Crippen molar-refractivity contribution in [2.24, 2.45) is 0 Å². The third kappa shape index (κ3) is 4.71. The summed E-state index contributed by atoms with van der Waals surface area (Å²) < 4.78 is 0. The van der Waals surface area contributed by atoms with Gasteiger partial charge < -0.3 is 9.80 Å². The summed E-state index contributed by atoms with van der Waals surface area (Å²) >= 11 is 0. The summed E-state index contributed by atoms with van der Waals surface area (Å²) in [6.07, 6.45) is 0.552. The molecule has 0 heterocycles. The molecule has 0 atom stereocenters. The first-order valence-electron chi connectivity index (χ1n) is 7.59. The van der Waals surface area contributed by atoms with Crippen molar-refractivity contribution in [3.63, 3.8) is 0 Å². The number of rotatable bonds is 7. The number of hydrogen-bond acceptors (Lipinski definition) is 3. The van der Waals surface area contributed by atoms with E-state index in [-0.39, 0.29) is 5.78 Å². The molecular formula is C19H24N2O. The molecule has 0 spiro atoms. The van der Waals surface area contributed by atoms with Gasteiger partial charge >= 0.3 is 0 Å². The van der Waals surface area contributed by atoms with E-state index in [2.05, 4.69) is 41.1 Å². The molecule has 0 bridgehead atoms. The highest BCUT2D eigenvalue weighted by Gasteiger charge is 2.07. The Bertz CT molecular complexity index is 591. The third-order valence-electron chi connectivity index (χ3n) is 3.72. The Morgan fingerprint density at radius 2 is 1.55 bits per heavy atom. The number of Topliss-reactive ketones (excluding diaryl/α,β-unsaturated/α-hetero) is 1. The first kappa shape index (κ1) is 16.2. The van der Waals surface area contributed by atoms with Crippen molar-refractivity contribution in [2.45, 2.75) is 13.0 Å². The van der Waals surface area contributed by atoms with E-state index in [0.717, 1.165) is 18.7 Å². The van der Waals surface area contributed by atoms with Gasteiger partial charge in [-0.25, -0.2) is 0 Å². The van der Waals surface area contributed by atoms with Crippen LogP contribution < -0.4 is 4.90 Å². The molecule has 2 rings (SSSR count). The Kier molecular flexibility index (Phi) is 5.73. The van der Waals surface area contributed by atoms with E-state index < -0.39 is 0 Å². The van der Waals surface area contributed by atoms with Crippen LogP contribution in [0.5, 0.6) is 0 Å². The fourth-order valence-electron chi connectivity index (χ4n) is 2.35. The van der Waals surface area contributed by atoms with Crippen LogP contribution in [0.25, 0.3) is 0 Å². The predicted octanol–water partition coefficient (Wildman–Crippen LogP) is 3.46. The van der Waals surface area contributed by atoms with Gasteiger partial charge in [-0.2, -0.15) is 0 Å². The molecular weight excluding hydrogens is 272 g/mol. The molecule has 2 aromatic rings. The van der Waals surface area contributed by atoms with Crippen LogP contribution in [0.4, 0.5) is 5.69 Å². The normalized spacial score (nSPS) is 10.7. The number of carbonyl (C=O) groups is 1. The molecule has 0 fully saturated rings. The molecule has 2 aromatic carbocycles. The zero-order valence-electron chi connectivity index (χ0n) is 13.6. The van der Waals surface area contributed by atoms with E-state index in [1.807, 2.05) is 44.4 Å². The van der Waals surface area contributed by atoms with E-state index in [4.69, 9.17) is 0 Å². The van der Waals surface area contributed by atoms with Crippen LogP contribution in [0.15, 0.2) is 54.6 Å². The van der Waals surface area contributed by atoms with Crippen LogP contribution in [0.1, 0.15) is 22.3 Å². The lowest BCUT2D eigenvalue weighted by Crippen LogP contribution is -2.21. The quantitative estimate of drug-likeness (QED) is 0.731. The lowest BCUT2D eigenvalue weighted by molar-refractivity contribution is 0.0968. The van der Waals surface area contributed by atoms with Gasteiger partial charge in [0.15, 0.2) is 5.78 Å². The fraction of sp³-hybridized carbons (Fsp3) is 0.316. The molecule has 0 aliphatic rings. The van der Waals surface area contributed by atoms with Gasteiger partial charge in [-0.1, -0.05) is 42.5 Å². The largest absolute Gasteiger partial charge is 0.378 e. The molecule has 0 saturated carbocycles. The van der Waals surface area contributed by atoms with Gasteiger partial charge in [0.05, 0.1) is 0 Å². The van der Waals surface area contributed by atoms with Crippen LogP contribution >= 0.6 is 0 Å². The summed E-state index contributed by atoms with van der Waals surface area (Å²) in [4.78, 5) is 16.4. The fourth-order valence-corrected chi connectivity index (χ4v) is 2.35. The SMILES string of the molecule is CN(CCC(=O)c1ccccc1)Cc1ccc(N(C)C)cc1. The molecule has 0 N–H and O–H groups in total. The maximum Gasteiger partial charge on any atom is 0.164 e. The number of carbonyl (C=O) groups excluding carboxylic acids is 1. The number of nitrogens with zero attached hydrogens (tertiary/aromatic N) is 2. The van der Waals surface area contributed by atoms with Gasteiger partial charge in [0.2, 0.25) is 0 Å². The average Bonchev–Trinajstić information content (AvgIpc) is 2.54. The van der Waals surface area contributed by atoms with Crippen molar-refractivity contribution in [2.75, 3.05) is 32.6 Å². The van der Waals surface area contributed by atoms with E-state index in [1.54, 1.807) is 0 Å². The molecule has 3 nitrogen and oxygen atoms in total. The van der Waals surface area contributed by atoms with Crippen molar-refractivity contribution >= 4 is 11.5 Å². The van der Waals surface area contributed by atoms with E-state index >= 15 is 0 Å². The minimum Gasteiger partial charge on any atom is -0.378 e. The van der Waals surface area contributed by atoms with Gasteiger partial charge in [-0.05, 0) is 24.7 Å². The lowest BCUT2D eigenvalue weighted by atomic mass is 10.1. The average molecular weight is 296 g/mol. The highest BCUT2D eigenvalue weighted by molar-refractivity contribution is 5.96. The Hall–Kier alpha value is -2.13. The summed E-state index contributed by atoms with van der Waals surface area (Å²) in [6, 6.07) is 18.0. The highest BCUT2D eigenvalue weighted by atomic mass is 16.1. The number of hydrogen-bond donors (Lipinski definition) is 0. The van der Waals surface area contributed by atoms with Gasteiger partial charge in [-0.15, -0.1) is 0 Å². The Balaban J connectivity index is 1.82. The van der Waals surface area contributed by atoms with Gasteiger partial charge in [0, 0.05) is 44.9 Å². The van der Waals surface area contributed by atoms with E-state index in [0.29, 0.717) is 6.42 Å². The summed E-state index contributed by atoms with van der Waals surface area (Å²) in [6.45, 7) is 1.62. The van der Waals surface area contributed by atoms with Crippen molar-refractivity contribution in [3.8, 4) is 0 Å². The summed E-state index contributed by atoms with van der Waals surface area (Å²) in [5.74, 6) is 0.204. The molecule has 0 saturated heterocycles. The molecule has 0 aromatic heterocycles. The van der Waals surface area contributed by atoms with Crippen molar-refractivity contribution < 1.29 is 4.79 Å². The summed E-state index contributed by atoms with van der Waals surface area (Å²) in [7, 11) is 6.13. The molecule has 22 heavy (non-hydrogen) atoms. The standard InChI is InChI=1S/C19H24N2O/c1-20(2)18-11-9-16(10-12-18)15-21(3)14-13-19(22)17-7-5-4-6-8-17/h4-12H,13-15H2,1-3H3. The van der Waals surface area contributed by atoms with Crippen molar-refractivity contribution in [3.05, 3.63) is 65.7 Å². The maximum absolute atomic E-state index is 12.1. The minimum atomic E-state index is 0.204. The third-order valence-corrected chi connectivity index (χ3v) is 3.72. The molecule has 0 radical (unpaired) electrons. The van der Waals surface area contributed by atoms with Gasteiger partial charge in [0.1, 0.15) is 0 Å². The van der Waals surface area contributed by atoms with Crippen molar-refractivity contribution in [1.29, 1.82) is 0 Å². The van der Waals surface area contributed by atoms with Crippen molar-refractivity contribution in [1.82, 2.24) is 4.90 Å². The van der Waals surface area contributed by atoms with E-state index in [1.165, 1.54) is 11.3 Å². The summed E-state index contributed by atoms with van der Waals surface area (Å²) in [5.41, 5.74) is 3.26. The molecule has 0 amide bonds. The molecule has 3 heteroatoms. The zero-order chi connectivity index (χ0) is 15.9. The lowest BCUT2D eigenvalue weighted by Gasteiger charge is -2.17. The zero-order valence-corrected chi connectivity index (χ0v) is 13.6. The Labute approximate surface area is 133 Å².